The van der Waals surface area contributed by atoms with E-state index in [1.54, 1.807) is 6.07 Å². The SMILES string of the molecule is Cc1cc(C)c2nc(N3C(=O)C(=O)C(=C(O)c4ccncc4)C3c3ccccc3F)sc2c1. The highest BCUT2D eigenvalue weighted by Gasteiger charge is 2.49. The van der Waals surface area contributed by atoms with Gasteiger partial charge in [0.25, 0.3) is 5.78 Å². The molecule has 2 aromatic heterocycles. The van der Waals surface area contributed by atoms with Crippen LogP contribution in [0.3, 0.4) is 0 Å². The number of benzene rings is 2. The van der Waals surface area contributed by atoms with Crippen molar-refractivity contribution >= 4 is 44.1 Å². The average molecular weight is 460 g/mol. The van der Waals surface area contributed by atoms with E-state index in [9.17, 15) is 19.1 Å². The number of rotatable bonds is 3. The van der Waals surface area contributed by atoms with Crippen molar-refractivity contribution in [1.82, 2.24) is 9.97 Å². The molecule has 0 radical (unpaired) electrons. The molecule has 33 heavy (non-hydrogen) atoms. The molecule has 0 aliphatic carbocycles. The summed E-state index contributed by atoms with van der Waals surface area (Å²) in [5.41, 5.74) is 2.90. The number of thiazole rings is 1. The largest absolute Gasteiger partial charge is 0.507 e. The second-order valence-corrected chi connectivity index (χ2v) is 8.86. The summed E-state index contributed by atoms with van der Waals surface area (Å²) in [5, 5.41) is 11.3. The van der Waals surface area contributed by atoms with E-state index in [4.69, 9.17) is 0 Å². The number of carbonyl (C=O) groups is 2. The quantitative estimate of drug-likeness (QED) is 0.263. The van der Waals surface area contributed by atoms with Crippen molar-refractivity contribution in [3.05, 3.63) is 94.6 Å². The Kier molecular flexibility index (Phi) is 5.02. The summed E-state index contributed by atoms with van der Waals surface area (Å²) in [4.78, 5) is 36.1. The summed E-state index contributed by atoms with van der Waals surface area (Å²) in [5.74, 6) is -2.75. The first kappa shape index (κ1) is 21.0. The van der Waals surface area contributed by atoms with Crippen LogP contribution in [0.25, 0.3) is 16.0 Å². The maximum absolute atomic E-state index is 15.0. The zero-order chi connectivity index (χ0) is 23.3. The number of ketones is 1. The van der Waals surface area contributed by atoms with Crippen molar-refractivity contribution < 1.29 is 19.1 Å². The zero-order valence-corrected chi connectivity index (χ0v) is 18.6. The molecule has 1 aliphatic rings. The topological polar surface area (TPSA) is 83.4 Å². The van der Waals surface area contributed by atoms with E-state index in [0.29, 0.717) is 11.1 Å². The fraction of sp³-hybridized carbons (Fsp3) is 0.120. The van der Waals surface area contributed by atoms with Gasteiger partial charge in [-0.15, -0.1) is 0 Å². The highest BCUT2D eigenvalue weighted by atomic mass is 32.1. The number of hydrogen-bond acceptors (Lipinski definition) is 6. The van der Waals surface area contributed by atoms with Crippen LogP contribution in [0.1, 0.15) is 28.3 Å². The standard InChI is InChI=1S/C25H18FN3O3S/c1-13-11-14(2)20-18(12-13)33-25(28-20)29-21(16-5-3-4-6-17(16)26)19(23(31)24(29)32)22(30)15-7-9-27-10-8-15/h3-12,21,30H,1-2H3. The van der Waals surface area contributed by atoms with E-state index in [2.05, 4.69) is 9.97 Å². The second-order valence-electron chi connectivity index (χ2n) is 7.85. The van der Waals surface area contributed by atoms with E-state index in [0.717, 1.165) is 15.8 Å². The molecule has 5 rings (SSSR count). The lowest BCUT2D eigenvalue weighted by Crippen LogP contribution is -2.29. The van der Waals surface area contributed by atoms with E-state index >= 15 is 0 Å². The highest BCUT2D eigenvalue weighted by molar-refractivity contribution is 7.22. The van der Waals surface area contributed by atoms with E-state index in [1.807, 2.05) is 26.0 Å². The third kappa shape index (κ3) is 3.39. The third-order valence-electron chi connectivity index (χ3n) is 5.62. The summed E-state index contributed by atoms with van der Waals surface area (Å²) in [7, 11) is 0. The summed E-state index contributed by atoms with van der Waals surface area (Å²) < 4.78 is 15.8. The molecule has 1 fully saturated rings. The lowest BCUT2D eigenvalue weighted by Gasteiger charge is -2.23. The van der Waals surface area contributed by atoms with Gasteiger partial charge in [-0.25, -0.2) is 9.37 Å². The first-order valence-electron chi connectivity index (χ1n) is 10.2. The molecule has 0 bridgehead atoms. The fourth-order valence-electron chi connectivity index (χ4n) is 4.15. The minimum Gasteiger partial charge on any atom is -0.507 e. The van der Waals surface area contributed by atoms with Crippen LogP contribution < -0.4 is 4.90 Å². The van der Waals surface area contributed by atoms with Gasteiger partial charge in [0, 0.05) is 23.5 Å². The molecule has 0 saturated carbocycles. The summed E-state index contributed by atoms with van der Waals surface area (Å²) >= 11 is 1.25. The van der Waals surface area contributed by atoms with Gasteiger partial charge in [-0.05, 0) is 49.2 Å². The molecule has 3 heterocycles. The molecule has 1 amide bonds. The normalized spacial score (nSPS) is 17.8. The fourth-order valence-corrected chi connectivity index (χ4v) is 5.32. The van der Waals surface area contributed by atoms with Crippen molar-refractivity contribution in [1.29, 1.82) is 0 Å². The number of hydrogen-bond donors (Lipinski definition) is 1. The number of aryl methyl sites for hydroxylation is 2. The Morgan fingerprint density at radius 3 is 2.55 bits per heavy atom. The van der Waals surface area contributed by atoms with E-state index in [1.165, 1.54) is 59.0 Å². The average Bonchev–Trinajstić information content (AvgIpc) is 3.33. The zero-order valence-electron chi connectivity index (χ0n) is 17.7. The van der Waals surface area contributed by atoms with Crippen LogP contribution in [0.4, 0.5) is 9.52 Å². The van der Waals surface area contributed by atoms with E-state index in [-0.39, 0.29) is 22.0 Å². The number of fused-ring (bicyclic) bond motifs is 1. The van der Waals surface area contributed by atoms with Crippen molar-refractivity contribution in [2.24, 2.45) is 0 Å². The predicted octanol–water partition coefficient (Wildman–Crippen LogP) is 5.07. The van der Waals surface area contributed by atoms with Gasteiger partial charge in [0.2, 0.25) is 0 Å². The van der Waals surface area contributed by atoms with Gasteiger partial charge in [0.05, 0.1) is 15.8 Å². The number of aliphatic hydroxyl groups is 1. The van der Waals surface area contributed by atoms with Crippen LogP contribution in [0.15, 0.2) is 66.5 Å². The Hall–Kier alpha value is -3.91. The molecule has 1 saturated heterocycles. The Labute approximate surface area is 192 Å². The van der Waals surface area contributed by atoms with E-state index < -0.39 is 23.5 Å². The number of amides is 1. The third-order valence-corrected chi connectivity index (χ3v) is 6.62. The number of anilines is 1. The van der Waals surface area contributed by atoms with Gasteiger partial charge < -0.3 is 5.11 Å². The van der Waals surface area contributed by atoms with Gasteiger partial charge in [-0.3, -0.25) is 19.5 Å². The maximum atomic E-state index is 15.0. The molecule has 1 atom stereocenters. The number of nitrogens with zero attached hydrogens (tertiary/aromatic N) is 3. The molecule has 6 nitrogen and oxygen atoms in total. The predicted molar refractivity (Wildman–Crippen MR) is 125 cm³/mol. The van der Waals surface area contributed by atoms with Gasteiger partial charge in [0.15, 0.2) is 5.13 Å². The molecule has 1 N–H and O–H groups in total. The highest BCUT2D eigenvalue weighted by Crippen LogP contribution is 2.45. The number of Topliss-reactive ketones (excluding diaryl/α,β-unsaturated/α-hetero) is 1. The van der Waals surface area contributed by atoms with Gasteiger partial charge >= 0.3 is 5.91 Å². The summed E-state index contributed by atoms with van der Waals surface area (Å²) in [6.45, 7) is 3.89. The van der Waals surface area contributed by atoms with Crippen LogP contribution >= 0.6 is 11.3 Å². The van der Waals surface area contributed by atoms with Crippen LogP contribution in [0, 0.1) is 19.7 Å². The second kappa shape index (κ2) is 7.90. The summed E-state index contributed by atoms with van der Waals surface area (Å²) in [6, 6.07) is 11.7. The van der Waals surface area contributed by atoms with Crippen molar-refractivity contribution in [3.63, 3.8) is 0 Å². The molecule has 8 heteroatoms. The smallest absolute Gasteiger partial charge is 0.301 e. The van der Waals surface area contributed by atoms with Crippen molar-refractivity contribution in [2.75, 3.05) is 4.90 Å². The molecule has 1 unspecified atom stereocenters. The van der Waals surface area contributed by atoms with Crippen LogP contribution in [-0.4, -0.2) is 26.8 Å². The lowest BCUT2D eigenvalue weighted by molar-refractivity contribution is -0.132. The Bertz CT molecular complexity index is 1460. The molecular formula is C25H18FN3O3S. The van der Waals surface area contributed by atoms with Crippen molar-refractivity contribution in [2.45, 2.75) is 19.9 Å². The molecule has 2 aromatic carbocycles. The minimum atomic E-state index is -1.17. The lowest BCUT2D eigenvalue weighted by atomic mass is 9.95. The molecule has 4 aromatic rings. The maximum Gasteiger partial charge on any atom is 0.301 e. The Morgan fingerprint density at radius 2 is 1.82 bits per heavy atom. The minimum absolute atomic E-state index is 0.0967. The molecule has 164 valence electrons. The van der Waals surface area contributed by atoms with Crippen LogP contribution in [-0.2, 0) is 9.59 Å². The van der Waals surface area contributed by atoms with Crippen LogP contribution in [0.5, 0.6) is 0 Å². The van der Waals surface area contributed by atoms with Crippen LogP contribution in [0.2, 0.25) is 0 Å². The van der Waals surface area contributed by atoms with Gasteiger partial charge in [-0.2, -0.15) is 0 Å². The Balaban J connectivity index is 1.77. The molecule has 0 spiro atoms. The van der Waals surface area contributed by atoms with Gasteiger partial charge in [0.1, 0.15) is 17.6 Å². The number of carbonyl (C=O) groups excluding carboxylic acids is 2. The first-order valence-corrected chi connectivity index (χ1v) is 11.0. The first-order chi connectivity index (χ1) is 15.9. The summed E-state index contributed by atoms with van der Waals surface area (Å²) in [6.07, 6.45) is 2.92. The number of halogens is 1. The number of aromatic nitrogens is 2. The Morgan fingerprint density at radius 1 is 1.09 bits per heavy atom. The number of aliphatic hydroxyl groups excluding tert-OH is 1. The molecule has 1 aliphatic heterocycles. The monoisotopic (exact) mass is 459 g/mol. The van der Waals surface area contributed by atoms with Crippen molar-refractivity contribution in [3.8, 4) is 0 Å². The molecular weight excluding hydrogens is 441 g/mol. The van der Waals surface area contributed by atoms with Gasteiger partial charge in [-0.1, -0.05) is 35.6 Å². The number of pyridine rings is 1.